The van der Waals surface area contributed by atoms with Crippen molar-refractivity contribution in [2.45, 2.75) is 24.7 Å². The largest absolute Gasteiger partial charge is 0.391 e. The van der Waals surface area contributed by atoms with Crippen LogP contribution in [0, 0.1) is 10.1 Å². The molecular formula is C8H7F3N6O2. The highest BCUT2D eigenvalue weighted by atomic mass is 19.4. The maximum atomic E-state index is 12.5. The van der Waals surface area contributed by atoms with Gasteiger partial charge in [-0.15, -0.1) is 5.10 Å². The van der Waals surface area contributed by atoms with Crippen LogP contribution in [0.25, 0.3) is 0 Å². The Morgan fingerprint density at radius 1 is 1.47 bits per heavy atom. The molecule has 0 aromatic carbocycles. The van der Waals surface area contributed by atoms with Crippen molar-refractivity contribution in [1.82, 2.24) is 9.78 Å². The number of nitro groups is 1. The lowest BCUT2D eigenvalue weighted by Gasteiger charge is -2.22. The fraction of sp³-hybridized carbons (Fsp3) is 0.500. The highest BCUT2D eigenvalue weighted by molar-refractivity contribution is 5.71. The fourth-order valence-corrected chi connectivity index (χ4v) is 1.64. The zero-order chi connectivity index (χ0) is 14.1. The smallest absolute Gasteiger partial charge is 0.263 e. The van der Waals surface area contributed by atoms with Gasteiger partial charge in [0.05, 0.1) is 24.1 Å². The van der Waals surface area contributed by atoms with Gasteiger partial charge in [0.15, 0.2) is 0 Å². The van der Waals surface area contributed by atoms with Gasteiger partial charge in [-0.25, -0.2) is 0 Å². The van der Waals surface area contributed by atoms with E-state index in [4.69, 9.17) is 0 Å². The molecule has 0 spiro atoms. The molecule has 1 unspecified atom stereocenters. The Kier molecular flexibility index (Phi) is 3.04. The number of hydrogen-bond donors (Lipinski definition) is 0. The van der Waals surface area contributed by atoms with Crippen LogP contribution in [0.15, 0.2) is 27.8 Å². The third kappa shape index (κ3) is 3.11. The minimum atomic E-state index is -4.46. The van der Waals surface area contributed by atoms with E-state index in [-0.39, 0.29) is 12.2 Å². The van der Waals surface area contributed by atoms with Gasteiger partial charge < -0.3 is 0 Å². The van der Waals surface area contributed by atoms with Crippen molar-refractivity contribution < 1.29 is 18.1 Å². The van der Waals surface area contributed by atoms with Crippen molar-refractivity contribution in [3.05, 3.63) is 22.5 Å². The van der Waals surface area contributed by atoms with E-state index in [0.29, 0.717) is 0 Å². The highest BCUT2D eigenvalue weighted by Crippen LogP contribution is 2.32. The van der Waals surface area contributed by atoms with Crippen molar-refractivity contribution >= 4 is 11.9 Å². The molecular weight excluding hydrogens is 269 g/mol. The van der Waals surface area contributed by atoms with Crippen LogP contribution < -0.4 is 0 Å². The van der Waals surface area contributed by atoms with Gasteiger partial charge >= 0.3 is 11.9 Å². The quantitative estimate of drug-likeness (QED) is 0.620. The van der Waals surface area contributed by atoms with Gasteiger partial charge in [-0.1, -0.05) is 0 Å². The monoisotopic (exact) mass is 276 g/mol. The third-order valence-corrected chi connectivity index (χ3v) is 2.37. The van der Waals surface area contributed by atoms with E-state index in [1.54, 1.807) is 0 Å². The van der Waals surface area contributed by atoms with E-state index >= 15 is 0 Å². The van der Waals surface area contributed by atoms with Crippen LogP contribution in [0.4, 0.5) is 18.9 Å². The molecule has 1 aromatic rings. The molecule has 19 heavy (non-hydrogen) atoms. The summed E-state index contributed by atoms with van der Waals surface area (Å²) in [6.07, 6.45) is -2.78. The summed E-state index contributed by atoms with van der Waals surface area (Å²) in [5.41, 5.74) is -2.01. The van der Waals surface area contributed by atoms with Crippen molar-refractivity contribution in [1.29, 1.82) is 0 Å². The van der Waals surface area contributed by atoms with Gasteiger partial charge in [0.2, 0.25) is 0 Å². The maximum Gasteiger partial charge on any atom is 0.391 e. The second-order valence-electron chi connectivity index (χ2n) is 3.98. The van der Waals surface area contributed by atoms with E-state index in [0.717, 1.165) is 23.3 Å². The summed E-state index contributed by atoms with van der Waals surface area (Å²) in [6.45, 7) is -0.326. The van der Waals surface area contributed by atoms with Crippen molar-refractivity contribution in [2.24, 2.45) is 15.4 Å². The standard InChI is InChI=1S/C8H7F3N6O2/c9-8(10,11)3-7(4-12-15-14-7)5-16-2-6(1-13-16)17(18)19/h1-2,4H,3,5H2. The molecule has 0 amide bonds. The van der Waals surface area contributed by atoms with Crippen LogP contribution in [0.2, 0.25) is 0 Å². The molecule has 0 aliphatic carbocycles. The van der Waals surface area contributed by atoms with Gasteiger partial charge in [0, 0.05) is 0 Å². The second kappa shape index (κ2) is 4.40. The van der Waals surface area contributed by atoms with E-state index in [9.17, 15) is 23.3 Å². The molecule has 1 atom stereocenters. The van der Waals surface area contributed by atoms with Crippen molar-refractivity contribution in [3.63, 3.8) is 0 Å². The molecule has 0 fully saturated rings. The zero-order valence-corrected chi connectivity index (χ0v) is 9.28. The Balaban J connectivity index is 2.19. The van der Waals surface area contributed by atoms with Crippen LogP contribution in [-0.2, 0) is 6.54 Å². The van der Waals surface area contributed by atoms with Gasteiger partial charge in [0.1, 0.15) is 17.9 Å². The van der Waals surface area contributed by atoms with Gasteiger partial charge in [-0.2, -0.15) is 23.4 Å². The van der Waals surface area contributed by atoms with Crippen LogP contribution in [-0.4, -0.2) is 32.6 Å². The van der Waals surface area contributed by atoms with Crippen LogP contribution in [0.5, 0.6) is 0 Å². The fourth-order valence-electron chi connectivity index (χ4n) is 1.64. The molecule has 0 radical (unpaired) electrons. The number of nitrogens with zero attached hydrogens (tertiary/aromatic N) is 6. The summed E-state index contributed by atoms with van der Waals surface area (Å²) in [4.78, 5) is 9.77. The first kappa shape index (κ1) is 13.1. The molecule has 1 aromatic heterocycles. The first-order chi connectivity index (χ1) is 8.80. The first-order valence-corrected chi connectivity index (χ1v) is 5.00. The molecule has 11 heteroatoms. The molecule has 1 aliphatic rings. The Labute approximate surface area is 103 Å². The molecule has 1 aliphatic heterocycles. The molecule has 102 valence electrons. The third-order valence-electron chi connectivity index (χ3n) is 2.37. The van der Waals surface area contributed by atoms with Gasteiger partial charge in [-0.3, -0.25) is 14.8 Å². The number of aromatic nitrogens is 2. The predicted molar refractivity (Wildman–Crippen MR) is 55.6 cm³/mol. The normalized spacial score (nSPS) is 22.1. The molecule has 0 bridgehead atoms. The number of hydrogen-bond acceptors (Lipinski definition) is 6. The minimum absolute atomic E-state index is 0.311. The molecule has 0 saturated heterocycles. The summed E-state index contributed by atoms with van der Waals surface area (Å²) in [5.74, 6) is 0. The topological polar surface area (TPSA) is 98.0 Å². The summed E-state index contributed by atoms with van der Waals surface area (Å²) in [5, 5.41) is 24.0. The summed E-state index contributed by atoms with van der Waals surface area (Å²) in [6, 6.07) is 0. The van der Waals surface area contributed by atoms with E-state index in [1.807, 2.05) is 0 Å². The average molecular weight is 276 g/mol. The Hall–Kier alpha value is -2.33. The second-order valence-corrected chi connectivity index (χ2v) is 3.98. The van der Waals surface area contributed by atoms with E-state index in [2.05, 4.69) is 20.5 Å². The van der Waals surface area contributed by atoms with Gasteiger partial charge in [-0.05, 0) is 5.22 Å². The predicted octanol–water partition coefficient (Wildman–Crippen LogP) is 1.93. The molecule has 0 N–H and O–H groups in total. The first-order valence-electron chi connectivity index (χ1n) is 5.00. The highest BCUT2D eigenvalue weighted by Gasteiger charge is 2.44. The van der Waals surface area contributed by atoms with Crippen LogP contribution in [0.1, 0.15) is 6.42 Å². The number of alkyl halides is 3. The Bertz CT molecular complexity index is 537. The Morgan fingerprint density at radius 3 is 2.68 bits per heavy atom. The molecule has 2 heterocycles. The lowest BCUT2D eigenvalue weighted by atomic mass is 9.98. The minimum Gasteiger partial charge on any atom is -0.263 e. The van der Waals surface area contributed by atoms with Crippen LogP contribution >= 0.6 is 0 Å². The van der Waals surface area contributed by atoms with Crippen molar-refractivity contribution in [3.8, 4) is 0 Å². The number of rotatable bonds is 4. The summed E-state index contributed by atoms with van der Waals surface area (Å²) in [7, 11) is 0. The van der Waals surface area contributed by atoms with Gasteiger partial charge in [0.25, 0.3) is 0 Å². The van der Waals surface area contributed by atoms with E-state index in [1.165, 1.54) is 0 Å². The number of halogens is 3. The lowest BCUT2D eigenvalue weighted by Crippen LogP contribution is -2.37. The van der Waals surface area contributed by atoms with Crippen LogP contribution in [0.3, 0.4) is 0 Å². The van der Waals surface area contributed by atoms with Crippen molar-refractivity contribution in [2.75, 3.05) is 0 Å². The summed E-state index contributed by atoms with van der Waals surface area (Å²) >= 11 is 0. The summed E-state index contributed by atoms with van der Waals surface area (Å²) < 4.78 is 38.5. The molecule has 2 rings (SSSR count). The maximum absolute atomic E-state index is 12.5. The lowest BCUT2D eigenvalue weighted by molar-refractivity contribution is -0.385. The molecule has 8 nitrogen and oxygen atoms in total. The average Bonchev–Trinajstić information content (AvgIpc) is 2.86. The molecule has 0 saturated carbocycles. The Morgan fingerprint density at radius 2 is 2.21 bits per heavy atom. The SMILES string of the molecule is O=[N+]([O-])c1cnn(CC2(CC(F)(F)F)C=NN=N2)c1. The zero-order valence-electron chi connectivity index (χ0n) is 9.28. The van der Waals surface area contributed by atoms with E-state index < -0.39 is 23.1 Å².